The number of ether oxygens (including phenoxy) is 2. The Morgan fingerprint density at radius 1 is 0.500 bits per heavy atom. The molecule has 0 rings (SSSR count). The third kappa shape index (κ3) is 24.1. The molecule has 0 saturated carbocycles. The van der Waals surface area contributed by atoms with Crippen LogP contribution in [-0.4, -0.2) is 24.6 Å². The van der Waals surface area contributed by atoms with Gasteiger partial charge < -0.3 is 9.47 Å². The van der Waals surface area contributed by atoms with Crippen molar-refractivity contribution in [2.24, 2.45) is 0 Å². The summed E-state index contributed by atoms with van der Waals surface area (Å²) in [4.78, 5) is 23.7. The monoisotopic (exact) mass is 482 g/mol. The molecule has 0 spiro atoms. The highest BCUT2D eigenvalue weighted by Gasteiger charge is 2.14. The molecule has 0 heterocycles. The molecule has 0 unspecified atom stereocenters. The number of carbonyl (C=O) groups is 2. The number of hydrogen-bond donors (Lipinski definition) is 0. The van der Waals surface area contributed by atoms with Crippen LogP contribution in [0.1, 0.15) is 168 Å². The van der Waals surface area contributed by atoms with E-state index in [9.17, 15) is 9.59 Å². The van der Waals surface area contributed by atoms with Crippen LogP contribution in [0.2, 0.25) is 0 Å². The van der Waals surface area contributed by atoms with Gasteiger partial charge in [-0.25, -0.2) is 0 Å². The molecule has 0 fully saturated rings. The van der Waals surface area contributed by atoms with E-state index in [1.54, 1.807) is 0 Å². The average molecular weight is 483 g/mol. The van der Waals surface area contributed by atoms with E-state index in [1.165, 1.54) is 96.3 Å². The maximum Gasteiger partial charge on any atom is 0.306 e. The summed E-state index contributed by atoms with van der Waals surface area (Å²) >= 11 is 0. The van der Waals surface area contributed by atoms with Crippen LogP contribution in [-0.2, 0) is 19.1 Å². The summed E-state index contributed by atoms with van der Waals surface area (Å²) in [5.74, 6) is -0.558. The van der Waals surface area contributed by atoms with Crippen molar-refractivity contribution in [3.8, 4) is 0 Å². The van der Waals surface area contributed by atoms with Crippen molar-refractivity contribution < 1.29 is 19.1 Å². The molecule has 202 valence electrons. The third-order valence-electron chi connectivity index (χ3n) is 6.56. The quantitative estimate of drug-likeness (QED) is 0.0909. The standard InChI is InChI=1S/C30H58O4/c1-4-7-8-9-10-11-12-13-14-15-16-17-18-19-20-21-22-27-33-29(31)25-26-30(32)34-28(23-5-2)24-6-3/h28H,4-27H2,1-3H3. The van der Waals surface area contributed by atoms with Crippen molar-refractivity contribution in [1.29, 1.82) is 0 Å². The van der Waals surface area contributed by atoms with Crippen molar-refractivity contribution in [3.63, 3.8) is 0 Å². The summed E-state index contributed by atoms with van der Waals surface area (Å²) in [6, 6.07) is 0. The number of hydrogen-bond acceptors (Lipinski definition) is 4. The second-order valence-corrected chi connectivity index (χ2v) is 10.1. The Balaban J connectivity index is 3.36. The van der Waals surface area contributed by atoms with Crippen LogP contribution < -0.4 is 0 Å². The molecule has 0 N–H and O–H groups in total. The van der Waals surface area contributed by atoms with Crippen LogP contribution in [0.4, 0.5) is 0 Å². The minimum absolute atomic E-state index is 0.00609. The first-order valence-corrected chi connectivity index (χ1v) is 15.0. The van der Waals surface area contributed by atoms with Gasteiger partial charge in [0.1, 0.15) is 6.10 Å². The first-order valence-electron chi connectivity index (χ1n) is 15.0. The molecule has 0 amide bonds. The summed E-state index contributed by atoms with van der Waals surface area (Å²) < 4.78 is 10.7. The van der Waals surface area contributed by atoms with Crippen molar-refractivity contribution in [3.05, 3.63) is 0 Å². The van der Waals surface area contributed by atoms with Crippen LogP contribution in [0.25, 0.3) is 0 Å². The topological polar surface area (TPSA) is 52.6 Å². The van der Waals surface area contributed by atoms with E-state index < -0.39 is 0 Å². The molecular weight excluding hydrogens is 424 g/mol. The number of carbonyl (C=O) groups excluding carboxylic acids is 2. The van der Waals surface area contributed by atoms with Gasteiger partial charge in [-0.3, -0.25) is 9.59 Å². The van der Waals surface area contributed by atoms with Crippen LogP contribution in [0, 0.1) is 0 Å². The van der Waals surface area contributed by atoms with E-state index in [2.05, 4.69) is 20.8 Å². The Hall–Kier alpha value is -1.06. The summed E-state index contributed by atoms with van der Waals surface area (Å²) in [6.45, 7) is 6.93. The van der Waals surface area contributed by atoms with Gasteiger partial charge in [-0.1, -0.05) is 136 Å². The smallest absolute Gasteiger partial charge is 0.306 e. The molecule has 0 aromatic carbocycles. The zero-order valence-electron chi connectivity index (χ0n) is 23.2. The minimum Gasteiger partial charge on any atom is -0.466 e. The fraction of sp³-hybridized carbons (Fsp3) is 0.933. The Morgan fingerprint density at radius 3 is 1.29 bits per heavy atom. The van der Waals surface area contributed by atoms with Crippen molar-refractivity contribution in [2.75, 3.05) is 6.61 Å². The van der Waals surface area contributed by atoms with Gasteiger partial charge in [0.2, 0.25) is 0 Å². The Kier molecular flexibility index (Phi) is 25.7. The molecule has 0 aliphatic rings. The lowest BCUT2D eigenvalue weighted by Gasteiger charge is -2.16. The second-order valence-electron chi connectivity index (χ2n) is 10.1. The average Bonchev–Trinajstić information content (AvgIpc) is 2.82. The van der Waals surface area contributed by atoms with Crippen LogP contribution >= 0.6 is 0 Å². The van der Waals surface area contributed by atoms with Gasteiger partial charge in [-0.15, -0.1) is 0 Å². The molecule has 4 heteroatoms. The lowest BCUT2D eigenvalue weighted by molar-refractivity contribution is -0.154. The highest BCUT2D eigenvalue weighted by atomic mass is 16.5. The predicted molar refractivity (Wildman–Crippen MR) is 144 cm³/mol. The Bertz CT molecular complexity index is 443. The summed E-state index contributed by atoms with van der Waals surface area (Å²) in [5.41, 5.74) is 0. The third-order valence-corrected chi connectivity index (χ3v) is 6.56. The molecule has 0 aromatic rings. The normalized spacial score (nSPS) is 11.2. The van der Waals surface area contributed by atoms with E-state index >= 15 is 0 Å². The Labute approximate surface area is 212 Å². The highest BCUT2D eigenvalue weighted by Crippen LogP contribution is 2.14. The SMILES string of the molecule is CCCCCCCCCCCCCCCCCCCOC(=O)CCC(=O)OC(CCC)CCC. The van der Waals surface area contributed by atoms with E-state index in [4.69, 9.17) is 9.47 Å². The highest BCUT2D eigenvalue weighted by molar-refractivity contribution is 5.77. The van der Waals surface area contributed by atoms with E-state index in [0.29, 0.717) is 6.61 Å². The maximum atomic E-state index is 11.9. The molecular formula is C30H58O4. The van der Waals surface area contributed by atoms with Gasteiger partial charge in [-0.05, 0) is 19.3 Å². The number of unbranched alkanes of at least 4 members (excludes halogenated alkanes) is 16. The minimum atomic E-state index is -0.282. The zero-order valence-corrected chi connectivity index (χ0v) is 23.2. The molecule has 0 bridgehead atoms. The van der Waals surface area contributed by atoms with Crippen molar-refractivity contribution in [1.82, 2.24) is 0 Å². The summed E-state index contributed by atoms with van der Waals surface area (Å²) in [5, 5.41) is 0. The van der Waals surface area contributed by atoms with E-state index in [0.717, 1.165) is 38.5 Å². The molecule has 0 atom stereocenters. The van der Waals surface area contributed by atoms with Crippen LogP contribution in [0.3, 0.4) is 0 Å². The molecule has 0 aliphatic heterocycles. The van der Waals surface area contributed by atoms with Gasteiger partial charge in [0.15, 0.2) is 0 Å². The van der Waals surface area contributed by atoms with Crippen LogP contribution in [0.5, 0.6) is 0 Å². The lowest BCUT2D eigenvalue weighted by atomic mass is 10.0. The van der Waals surface area contributed by atoms with Gasteiger partial charge in [-0.2, -0.15) is 0 Å². The number of rotatable bonds is 26. The largest absolute Gasteiger partial charge is 0.466 e. The zero-order chi connectivity index (χ0) is 25.1. The van der Waals surface area contributed by atoms with Gasteiger partial charge in [0.25, 0.3) is 0 Å². The van der Waals surface area contributed by atoms with Gasteiger partial charge in [0, 0.05) is 0 Å². The first kappa shape index (κ1) is 32.9. The Morgan fingerprint density at radius 2 is 0.882 bits per heavy atom. The van der Waals surface area contributed by atoms with Gasteiger partial charge >= 0.3 is 11.9 Å². The molecule has 0 aromatic heterocycles. The van der Waals surface area contributed by atoms with Gasteiger partial charge in [0.05, 0.1) is 19.4 Å². The molecule has 0 radical (unpaired) electrons. The van der Waals surface area contributed by atoms with Crippen LogP contribution in [0.15, 0.2) is 0 Å². The molecule has 0 saturated heterocycles. The van der Waals surface area contributed by atoms with Crippen molar-refractivity contribution in [2.45, 2.75) is 175 Å². The lowest BCUT2D eigenvalue weighted by Crippen LogP contribution is -2.19. The fourth-order valence-electron chi connectivity index (χ4n) is 4.44. The fourth-order valence-corrected chi connectivity index (χ4v) is 4.44. The van der Waals surface area contributed by atoms with Crippen molar-refractivity contribution >= 4 is 11.9 Å². The van der Waals surface area contributed by atoms with E-state index in [1.807, 2.05) is 0 Å². The van der Waals surface area contributed by atoms with E-state index in [-0.39, 0.29) is 30.9 Å². The number of esters is 2. The molecule has 4 nitrogen and oxygen atoms in total. The molecule has 0 aliphatic carbocycles. The maximum absolute atomic E-state index is 11.9. The predicted octanol–water partition coefficient (Wildman–Crippen LogP) is 9.47. The summed E-state index contributed by atoms with van der Waals surface area (Å²) in [6.07, 6.45) is 26.8. The second kappa shape index (κ2) is 26.5. The summed E-state index contributed by atoms with van der Waals surface area (Å²) in [7, 11) is 0. The first-order chi connectivity index (χ1) is 16.6. The molecule has 34 heavy (non-hydrogen) atoms.